The highest BCUT2D eigenvalue weighted by Gasteiger charge is 2.43. The normalized spacial score (nSPS) is 34.9. The van der Waals surface area contributed by atoms with Crippen molar-refractivity contribution in [2.75, 3.05) is 7.11 Å². The van der Waals surface area contributed by atoms with E-state index < -0.39 is 30.7 Å². The zero-order valence-electron chi connectivity index (χ0n) is 10.8. The van der Waals surface area contributed by atoms with Crippen LogP contribution in [0, 0.1) is 0 Å². The smallest absolute Gasteiger partial charge is 0.195 e. The van der Waals surface area contributed by atoms with Gasteiger partial charge < -0.3 is 29.5 Å². The first-order chi connectivity index (χ1) is 9.02. The van der Waals surface area contributed by atoms with E-state index in [9.17, 15) is 15.3 Å². The van der Waals surface area contributed by atoms with Crippen molar-refractivity contribution in [3.8, 4) is 11.5 Å². The first-order valence-electron chi connectivity index (χ1n) is 6.03. The Bertz CT molecular complexity index is 406. The molecule has 19 heavy (non-hydrogen) atoms. The quantitative estimate of drug-likeness (QED) is 0.711. The van der Waals surface area contributed by atoms with Crippen LogP contribution in [-0.2, 0) is 4.74 Å². The highest BCUT2D eigenvalue weighted by atomic mass is 16.7. The molecule has 0 aromatic heterocycles. The van der Waals surface area contributed by atoms with Crippen molar-refractivity contribution in [3.05, 3.63) is 24.3 Å². The summed E-state index contributed by atoms with van der Waals surface area (Å²) in [7, 11) is 1.55. The van der Waals surface area contributed by atoms with Gasteiger partial charge in [-0.2, -0.15) is 0 Å². The summed E-state index contributed by atoms with van der Waals surface area (Å²) in [6.45, 7) is 1.57. The van der Waals surface area contributed by atoms with Gasteiger partial charge in [0, 0.05) is 0 Å². The van der Waals surface area contributed by atoms with Gasteiger partial charge in [0.1, 0.15) is 23.7 Å². The van der Waals surface area contributed by atoms with Gasteiger partial charge >= 0.3 is 0 Å². The zero-order valence-corrected chi connectivity index (χ0v) is 10.8. The summed E-state index contributed by atoms with van der Waals surface area (Å²) >= 11 is 0. The molecule has 0 amide bonds. The summed E-state index contributed by atoms with van der Waals surface area (Å²) in [6.07, 6.45) is -5.32. The molecule has 0 saturated carbocycles. The Hall–Kier alpha value is -1.34. The molecule has 1 heterocycles. The van der Waals surface area contributed by atoms with Crippen LogP contribution in [0.25, 0.3) is 0 Å². The summed E-state index contributed by atoms with van der Waals surface area (Å²) in [5.74, 6) is 1.11. The Labute approximate surface area is 111 Å². The van der Waals surface area contributed by atoms with Crippen molar-refractivity contribution in [1.29, 1.82) is 0 Å². The molecule has 2 rings (SSSR count). The summed E-state index contributed by atoms with van der Waals surface area (Å²) in [6, 6.07) is 6.67. The summed E-state index contributed by atoms with van der Waals surface area (Å²) < 4.78 is 15.6. The summed E-state index contributed by atoms with van der Waals surface area (Å²) in [5, 5.41) is 29.4. The minimum atomic E-state index is -1.30. The molecule has 5 atom stereocenters. The lowest BCUT2D eigenvalue weighted by Crippen LogP contribution is -2.58. The molecule has 0 spiro atoms. The topological polar surface area (TPSA) is 88.4 Å². The Morgan fingerprint density at radius 1 is 1.00 bits per heavy atom. The van der Waals surface area contributed by atoms with Crippen LogP contribution in [0.4, 0.5) is 0 Å². The van der Waals surface area contributed by atoms with E-state index in [4.69, 9.17) is 14.2 Å². The molecule has 6 heteroatoms. The van der Waals surface area contributed by atoms with Crippen molar-refractivity contribution in [3.63, 3.8) is 0 Å². The lowest BCUT2D eigenvalue weighted by Gasteiger charge is -2.39. The number of benzene rings is 1. The van der Waals surface area contributed by atoms with Gasteiger partial charge in [-0.1, -0.05) is 0 Å². The third-order valence-electron chi connectivity index (χ3n) is 3.13. The predicted molar refractivity (Wildman–Crippen MR) is 66.0 cm³/mol. The number of aliphatic hydroxyl groups is 3. The number of hydrogen-bond donors (Lipinski definition) is 3. The summed E-state index contributed by atoms with van der Waals surface area (Å²) in [5.41, 5.74) is 0. The number of ether oxygens (including phenoxy) is 3. The van der Waals surface area contributed by atoms with Crippen molar-refractivity contribution >= 4 is 0 Å². The average molecular weight is 270 g/mol. The van der Waals surface area contributed by atoms with Gasteiger partial charge in [0.15, 0.2) is 12.4 Å². The fourth-order valence-electron chi connectivity index (χ4n) is 1.96. The van der Waals surface area contributed by atoms with Crippen molar-refractivity contribution < 1.29 is 29.5 Å². The molecule has 0 unspecified atom stereocenters. The maximum Gasteiger partial charge on any atom is 0.195 e. The Morgan fingerprint density at radius 2 is 1.58 bits per heavy atom. The molecule has 1 saturated heterocycles. The number of aliphatic hydroxyl groups excluding tert-OH is 3. The molecular weight excluding hydrogens is 252 g/mol. The Balaban J connectivity index is 2.08. The van der Waals surface area contributed by atoms with E-state index in [0.717, 1.165) is 0 Å². The zero-order chi connectivity index (χ0) is 14.0. The molecule has 6 nitrogen and oxygen atoms in total. The van der Waals surface area contributed by atoms with Gasteiger partial charge in [-0.05, 0) is 31.2 Å². The van der Waals surface area contributed by atoms with E-state index in [1.165, 1.54) is 0 Å². The Kier molecular flexibility index (Phi) is 4.26. The van der Waals surface area contributed by atoms with Gasteiger partial charge in [0.05, 0.1) is 13.2 Å². The van der Waals surface area contributed by atoms with Crippen molar-refractivity contribution in [1.82, 2.24) is 0 Å². The van der Waals surface area contributed by atoms with Gasteiger partial charge in [-0.25, -0.2) is 0 Å². The number of methoxy groups -OCH3 is 1. The van der Waals surface area contributed by atoms with Gasteiger partial charge in [0.2, 0.25) is 0 Å². The molecular formula is C13H18O6. The van der Waals surface area contributed by atoms with Crippen LogP contribution in [0.15, 0.2) is 24.3 Å². The summed E-state index contributed by atoms with van der Waals surface area (Å²) in [4.78, 5) is 0. The first kappa shape index (κ1) is 14.1. The largest absolute Gasteiger partial charge is 0.497 e. The molecule has 1 fully saturated rings. The maximum absolute atomic E-state index is 9.90. The fraction of sp³-hybridized carbons (Fsp3) is 0.538. The standard InChI is InChI=1S/C13H18O6/c1-7-10(14)11(15)12(13(16)18-7)19-9-5-3-8(17-2)4-6-9/h3-7,10-16H,1-2H3/t7-,10+,11+,12-,13+/m0/s1. The molecule has 0 aliphatic carbocycles. The van der Waals surface area contributed by atoms with Crippen LogP contribution >= 0.6 is 0 Å². The number of rotatable bonds is 3. The van der Waals surface area contributed by atoms with E-state index in [1.54, 1.807) is 38.3 Å². The second-order valence-electron chi connectivity index (χ2n) is 4.47. The SMILES string of the molecule is COc1ccc(O[C@H]2[C@H](O)[C@H](O)[C@H](C)O[C@H]2O)cc1. The van der Waals surface area contributed by atoms with E-state index >= 15 is 0 Å². The average Bonchev–Trinajstić information content (AvgIpc) is 2.42. The molecule has 3 N–H and O–H groups in total. The Morgan fingerprint density at radius 3 is 2.16 bits per heavy atom. The molecule has 106 valence electrons. The fourth-order valence-corrected chi connectivity index (χ4v) is 1.96. The number of hydrogen-bond acceptors (Lipinski definition) is 6. The highest BCUT2D eigenvalue weighted by Crippen LogP contribution is 2.25. The van der Waals surface area contributed by atoms with Gasteiger partial charge in [0.25, 0.3) is 0 Å². The minimum absolute atomic E-state index is 0.439. The van der Waals surface area contributed by atoms with E-state index in [2.05, 4.69) is 0 Å². The van der Waals surface area contributed by atoms with Gasteiger partial charge in [-0.3, -0.25) is 0 Å². The third kappa shape index (κ3) is 2.98. The van der Waals surface area contributed by atoms with Crippen molar-refractivity contribution in [2.24, 2.45) is 0 Å². The molecule has 0 radical (unpaired) electrons. The van der Waals surface area contributed by atoms with E-state index in [0.29, 0.717) is 11.5 Å². The molecule has 1 aliphatic heterocycles. The lowest BCUT2D eigenvalue weighted by atomic mass is 10.00. The second kappa shape index (κ2) is 5.75. The maximum atomic E-state index is 9.90. The van der Waals surface area contributed by atoms with Crippen LogP contribution in [0.2, 0.25) is 0 Å². The molecule has 1 aromatic rings. The second-order valence-corrected chi connectivity index (χ2v) is 4.47. The lowest BCUT2D eigenvalue weighted by molar-refractivity contribution is -0.271. The first-order valence-corrected chi connectivity index (χ1v) is 6.03. The van der Waals surface area contributed by atoms with Crippen molar-refractivity contribution in [2.45, 2.75) is 37.6 Å². The highest BCUT2D eigenvalue weighted by molar-refractivity contribution is 5.31. The van der Waals surface area contributed by atoms with Crippen LogP contribution in [0.3, 0.4) is 0 Å². The minimum Gasteiger partial charge on any atom is -0.497 e. The van der Waals surface area contributed by atoms with E-state index in [1.807, 2.05) is 0 Å². The predicted octanol–water partition coefficient (Wildman–Crippen LogP) is -0.0985. The third-order valence-corrected chi connectivity index (χ3v) is 3.13. The van der Waals surface area contributed by atoms with Crippen LogP contribution in [-0.4, -0.2) is 53.1 Å². The molecule has 0 bridgehead atoms. The van der Waals surface area contributed by atoms with E-state index in [-0.39, 0.29) is 0 Å². The molecule has 1 aromatic carbocycles. The van der Waals surface area contributed by atoms with Crippen LogP contribution in [0.5, 0.6) is 11.5 Å². The monoisotopic (exact) mass is 270 g/mol. The van der Waals surface area contributed by atoms with Crippen LogP contribution in [0.1, 0.15) is 6.92 Å². The molecule has 1 aliphatic rings. The van der Waals surface area contributed by atoms with Crippen LogP contribution < -0.4 is 9.47 Å². The van der Waals surface area contributed by atoms with Gasteiger partial charge in [-0.15, -0.1) is 0 Å².